The summed E-state index contributed by atoms with van der Waals surface area (Å²) in [4.78, 5) is 48.6. The third-order valence-corrected chi connectivity index (χ3v) is 16.1. The second-order valence-corrected chi connectivity index (χ2v) is 22.1. The first kappa shape index (κ1) is 44.9. The van der Waals surface area contributed by atoms with Crippen LogP contribution in [0.2, 0.25) is 0 Å². The second kappa shape index (κ2) is 16.1. The predicted octanol–water partition coefficient (Wildman–Crippen LogP) is 9.78. The molecule has 8 aliphatic rings. The third kappa shape index (κ3) is 9.18. The zero-order valence-corrected chi connectivity index (χ0v) is 37.4. The van der Waals surface area contributed by atoms with Crippen molar-refractivity contribution in [3.8, 4) is 0 Å². The van der Waals surface area contributed by atoms with Gasteiger partial charge < -0.3 is 24.1 Å². The van der Waals surface area contributed by atoms with Crippen LogP contribution in [-0.4, -0.2) is 58.0 Å². The van der Waals surface area contributed by atoms with Crippen molar-refractivity contribution in [2.24, 2.45) is 63.6 Å². The van der Waals surface area contributed by atoms with Crippen LogP contribution in [-0.2, 0) is 38.1 Å². The summed E-state index contributed by atoms with van der Waals surface area (Å²) in [5.74, 6) is 2.98. The van der Waals surface area contributed by atoms with Gasteiger partial charge in [0.2, 0.25) is 0 Å². The van der Waals surface area contributed by atoms with Gasteiger partial charge in [0, 0.05) is 18.3 Å². The standard InChI is InChI=1S/C16H26O3.C16H30O2.C15H22O4/c1-4-14(2,3)13(17)19-16-8-11-5-12(9-16)7-15(18,6-11)10-16;1-7-15(3,4)14(17)18-16(5,6)13-10-8-12(2)9-11-13;1-5-15(3,4)14(17)19-11-8-6-9-10(7(8)2)13(16)18-12(9)11/h11-12,18H,4-10H2,1-3H3;12-13H,7-11H2,1-6H3;7-12H,5-6H2,1-4H3. The molecule has 8 unspecified atom stereocenters. The molecular formula is C47H78O9. The second-order valence-electron chi connectivity index (χ2n) is 22.1. The Morgan fingerprint density at radius 1 is 0.732 bits per heavy atom. The third-order valence-electron chi connectivity index (χ3n) is 16.1. The van der Waals surface area contributed by atoms with Gasteiger partial charge in [0.15, 0.2) is 0 Å². The number of rotatable bonds is 10. The fourth-order valence-corrected chi connectivity index (χ4v) is 11.2. The van der Waals surface area contributed by atoms with Gasteiger partial charge in [-0.15, -0.1) is 0 Å². The van der Waals surface area contributed by atoms with E-state index in [1.807, 2.05) is 62.3 Å². The minimum Gasteiger partial charge on any atom is -0.459 e. The van der Waals surface area contributed by atoms with Crippen molar-refractivity contribution in [1.82, 2.24) is 0 Å². The van der Waals surface area contributed by atoms with Crippen LogP contribution in [0.4, 0.5) is 0 Å². The molecule has 0 radical (unpaired) electrons. The zero-order valence-electron chi connectivity index (χ0n) is 37.4. The average Bonchev–Trinajstić information content (AvgIpc) is 3.71. The van der Waals surface area contributed by atoms with E-state index >= 15 is 0 Å². The van der Waals surface area contributed by atoms with E-state index in [4.69, 9.17) is 18.9 Å². The smallest absolute Gasteiger partial charge is 0.312 e. The first-order chi connectivity index (χ1) is 25.8. The lowest BCUT2D eigenvalue weighted by Gasteiger charge is -2.59. The molecule has 8 fully saturated rings. The Hall–Kier alpha value is -2.16. The van der Waals surface area contributed by atoms with Gasteiger partial charge in [-0.1, -0.05) is 47.5 Å². The molecule has 1 saturated heterocycles. The van der Waals surface area contributed by atoms with E-state index in [1.54, 1.807) is 0 Å². The van der Waals surface area contributed by atoms with E-state index in [0.29, 0.717) is 30.1 Å². The highest BCUT2D eigenvalue weighted by molar-refractivity contribution is 5.79. The molecule has 1 N–H and O–H groups in total. The first-order valence-corrected chi connectivity index (χ1v) is 22.4. The van der Waals surface area contributed by atoms with Gasteiger partial charge in [-0.05, 0) is 156 Å². The highest BCUT2D eigenvalue weighted by Crippen LogP contribution is 2.60. The summed E-state index contributed by atoms with van der Waals surface area (Å²) < 4.78 is 23.0. The number of hydrogen-bond donors (Lipinski definition) is 1. The van der Waals surface area contributed by atoms with Crippen molar-refractivity contribution >= 4 is 23.9 Å². The maximum atomic E-state index is 12.4. The Bertz CT molecular complexity index is 1440. The van der Waals surface area contributed by atoms with Gasteiger partial charge >= 0.3 is 23.9 Å². The molecule has 9 heteroatoms. The zero-order chi connectivity index (χ0) is 41.8. The maximum absolute atomic E-state index is 12.4. The van der Waals surface area contributed by atoms with Crippen molar-refractivity contribution in [1.29, 1.82) is 0 Å². The molecule has 0 spiro atoms. The molecule has 56 heavy (non-hydrogen) atoms. The Morgan fingerprint density at radius 3 is 1.77 bits per heavy atom. The quantitative estimate of drug-likeness (QED) is 0.170. The molecule has 0 aromatic heterocycles. The van der Waals surface area contributed by atoms with Crippen molar-refractivity contribution < 1.29 is 43.2 Å². The number of fused-ring (bicyclic) bond motifs is 1. The van der Waals surface area contributed by atoms with Gasteiger partial charge in [-0.2, -0.15) is 0 Å². The van der Waals surface area contributed by atoms with Crippen molar-refractivity contribution in [2.45, 2.75) is 209 Å². The summed E-state index contributed by atoms with van der Waals surface area (Å²) in [5.41, 5.74) is -2.47. The normalized spacial score (nSPS) is 38.1. The van der Waals surface area contributed by atoms with E-state index in [9.17, 15) is 24.3 Å². The molecule has 7 aliphatic carbocycles. The Labute approximate surface area is 338 Å². The molecule has 8 rings (SSSR count). The molecule has 9 nitrogen and oxygen atoms in total. The molecule has 0 amide bonds. The van der Waals surface area contributed by atoms with E-state index in [0.717, 1.165) is 57.3 Å². The number of carbonyl (C=O) groups is 4. The topological polar surface area (TPSA) is 125 Å². The lowest BCUT2D eigenvalue weighted by atomic mass is 9.52. The van der Waals surface area contributed by atoms with Crippen molar-refractivity contribution in [3.05, 3.63) is 0 Å². The molecule has 0 aromatic carbocycles. The molecule has 1 aliphatic heterocycles. The molecule has 0 aromatic rings. The predicted molar refractivity (Wildman–Crippen MR) is 216 cm³/mol. The Kier molecular flexibility index (Phi) is 12.9. The first-order valence-electron chi connectivity index (χ1n) is 22.4. The van der Waals surface area contributed by atoms with Crippen molar-refractivity contribution in [2.75, 3.05) is 0 Å². The molecule has 8 atom stereocenters. The number of carbonyl (C=O) groups excluding carboxylic acids is 4. The summed E-state index contributed by atoms with van der Waals surface area (Å²) in [5, 5.41) is 10.6. The van der Waals surface area contributed by atoms with Gasteiger partial charge in [-0.3, -0.25) is 19.2 Å². The SMILES string of the molecule is CCC(C)(C)C(=O)OC(C)(C)C1CCC(C)CC1.CCC(C)(C)C(=O)OC12CC3CC(CC(O)(C3)C1)C2.CCC(C)(C)C(=O)OC1C2CC3C1OC(=O)C3C2C. The van der Waals surface area contributed by atoms with Crippen molar-refractivity contribution in [3.63, 3.8) is 0 Å². The summed E-state index contributed by atoms with van der Waals surface area (Å²) in [6.45, 7) is 26.2. The van der Waals surface area contributed by atoms with Gasteiger partial charge in [0.25, 0.3) is 0 Å². The van der Waals surface area contributed by atoms with Crippen LogP contribution < -0.4 is 0 Å². The lowest BCUT2D eigenvalue weighted by Crippen LogP contribution is -2.61. The summed E-state index contributed by atoms with van der Waals surface area (Å²) >= 11 is 0. The monoisotopic (exact) mass is 787 g/mol. The van der Waals surface area contributed by atoms with Crippen LogP contribution in [0.15, 0.2) is 0 Å². The van der Waals surface area contributed by atoms with Crippen LogP contribution >= 0.6 is 0 Å². The minimum atomic E-state index is -0.555. The van der Waals surface area contributed by atoms with Gasteiger partial charge in [-0.25, -0.2) is 0 Å². The molecule has 7 saturated carbocycles. The highest BCUT2D eigenvalue weighted by Gasteiger charge is 2.67. The molecular weight excluding hydrogens is 709 g/mol. The lowest BCUT2D eigenvalue weighted by molar-refractivity contribution is -0.225. The van der Waals surface area contributed by atoms with E-state index in [-0.39, 0.29) is 70.5 Å². The number of aliphatic hydroxyl groups is 1. The number of hydrogen-bond acceptors (Lipinski definition) is 9. The number of esters is 4. The molecule has 6 bridgehead atoms. The fourth-order valence-electron chi connectivity index (χ4n) is 11.2. The van der Waals surface area contributed by atoms with Crippen LogP contribution in [0.5, 0.6) is 0 Å². The van der Waals surface area contributed by atoms with E-state index < -0.39 is 16.4 Å². The van der Waals surface area contributed by atoms with E-state index in [2.05, 4.69) is 27.7 Å². The minimum absolute atomic E-state index is 0.0455. The fraction of sp³-hybridized carbons (Fsp3) is 0.915. The van der Waals surface area contributed by atoms with Crippen LogP contribution in [0.3, 0.4) is 0 Å². The molecule has 1 heterocycles. The molecule has 320 valence electrons. The van der Waals surface area contributed by atoms with Crippen LogP contribution in [0.25, 0.3) is 0 Å². The average molecular weight is 787 g/mol. The maximum Gasteiger partial charge on any atom is 0.312 e. The summed E-state index contributed by atoms with van der Waals surface area (Å²) in [6.07, 6.45) is 13.5. The van der Waals surface area contributed by atoms with Gasteiger partial charge in [0.1, 0.15) is 23.4 Å². The highest BCUT2D eigenvalue weighted by atomic mass is 16.6. The van der Waals surface area contributed by atoms with Crippen LogP contribution in [0.1, 0.15) is 180 Å². The van der Waals surface area contributed by atoms with E-state index in [1.165, 1.54) is 32.1 Å². The van der Waals surface area contributed by atoms with Gasteiger partial charge in [0.05, 0.1) is 27.8 Å². The van der Waals surface area contributed by atoms with Crippen LogP contribution in [0, 0.1) is 63.6 Å². The Balaban J connectivity index is 0.000000161. The Morgan fingerprint density at radius 2 is 1.25 bits per heavy atom. The number of ether oxygens (including phenoxy) is 4. The largest absolute Gasteiger partial charge is 0.459 e. The summed E-state index contributed by atoms with van der Waals surface area (Å²) in [6, 6.07) is 0. The summed E-state index contributed by atoms with van der Waals surface area (Å²) in [7, 11) is 0.